The monoisotopic (exact) mass is 395 g/mol. The average Bonchev–Trinajstić information content (AvgIpc) is 2.66. The number of carboxylic acids is 2. The number of hydrogen-bond donors (Lipinski definition) is 2. The summed E-state index contributed by atoms with van der Waals surface area (Å²) in [6, 6.07) is 14.9. The molecule has 0 saturated carbocycles. The van der Waals surface area contributed by atoms with Gasteiger partial charge in [0, 0.05) is 15.4 Å². The van der Waals surface area contributed by atoms with Crippen LogP contribution in [0.3, 0.4) is 0 Å². The lowest BCUT2D eigenvalue weighted by Gasteiger charge is -2.18. The van der Waals surface area contributed by atoms with Crippen LogP contribution in [-0.4, -0.2) is 46.0 Å². The predicted molar refractivity (Wildman–Crippen MR) is 97.6 cm³/mol. The predicted octanol–water partition coefficient (Wildman–Crippen LogP) is 2.19. The molecule has 9 heteroatoms. The van der Waals surface area contributed by atoms with Gasteiger partial charge in [0.2, 0.25) is 0 Å². The van der Waals surface area contributed by atoms with Gasteiger partial charge in [0.25, 0.3) is 5.91 Å². The highest BCUT2D eigenvalue weighted by atomic mass is 32.2. The van der Waals surface area contributed by atoms with Gasteiger partial charge in [-0.15, -0.1) is 0 Å². The second kappa shape index (κ2) is 9.21. The Morgan fingerprint density at radius 3 is 2.18 bits per heavy atom. The van der Waals surface area contributed by atoms with Gasteiger partial charge in [0.1, 0.15) is 25.2 Å². The summed E-state index contributed by atoms with van der Waals surface area (Å²) in [6.07, 6.45) is 0. The van der Waals surface area contributed by atoms with Crippen LogP contribution >= 0.6 is 11.8 Å². The molecule has 0 unspecified atom stereocenters. The quantitative estimate of drug-likeness (QED) is 0.726. The largest absolute Gasteiger partial charge is 0.480 e. The molecular formula is C19H13N3O5S. The molecule has 0 aliphatic rings. The Balaban J connectivity index is 2.33. The van der Waals surface area contributed by atoms with E-state index in [9.17, 15) is 19.6 Å². The fraction of sp³-hybridized carbons (Fsp3) is 0.105. The third-order valence-corrected chi connectivity index (χ3v) is 4.56. The number of carbonyl (C=O) groups is 3. The van der Waals surface area contributed by atoms with E-state index in [1.165, 1.54) is 18.2 Å². The summed E-state index contributed by atoms with van der Waals surface area (Å²) in [5.41, 5.74) is 0.557. The summed E-state index contributed by atoms with van der Waals surface area (Å²) in [5, 5.41) is 36.2. The van der Waals surface area contributed by atoms with Crippen molar-refractivity contribution < 1.29 is 24.6 Å². The van der Waals surface area contributed by atoms with Crippen molar-refractivity contribution in [1.29, 1.82) is 10.5 Å². The van der Waals surface area contributed by atoms with Crippen molar-refractivity contribution in [1.82, 2.24) is 4.90 Å². The van der Waals surface area contributed by atoms with Crippen LogP contribution in [0.2, 0.25) is 0 Å². The molecule has 140 valence electrons. The van der Waals surface area contributed by atoms with Gasteiger partial charge < -0.3 is 15.1 Å². The first kappa shape index (κ1) is 20.5. The molecule has 0 spiro atoms. The minimum Gasteiger partial charge on any atom is -0.480 e. The molecule has 0 bridgehead atoms. The van der Waals surface area contributed by atoms with Crippen LogP contribution in [0.1, 0.15) is 21.5 Å². The van der Waals surface area contributed by atoms with Gasteiger partial charge in [0.05, 0.1) is 11.1 Å². The van der Waals surface area contributed by atoms with Crippen LogP contribution in [0.15, 0.2) is 52.3 Å². The third-order valence-electron chi connectivity index (χ3n) is 3.51. The highest BCUT2D eigenvalue weighted by Crippen LogP contribution is 2.32. The first-order valence-electron chi connectivity index (χ1n) is 7.79. The summed E-state index contributed by atoms with van der Waals surface area (Å²) in [7, 11) is 0. The van der Waals surface area contributed by atoms with Gasteiger partial charge in [0.15, 0.2) is 0 Å². The average molecular weight is 395 g/mol. The number of hydrogen-bond acceptors (Lipinski definition) is 6. The van der Waals surface area contributed by atoms with Crippen molar-refractivity contribution in [3.8, 4) is 12.1 Å². The maximum atomic E-state index is 12.5. The van der Waals surface area contributed by atoms with Crippen molar-refractivity contribution in [2.24, 2.45) is 0 Å². The van der Waals surface area contributed by atoms with Crippen molar-refractivity contribution in [3.63, 3.8) is 0 Å². The molecule has 0 aromatic heterocycles. The highest BCUT2D eigenvalue weighted by Gasteiger charge is 2.21. The van der Waals surface area contributed by atoms with Crippen molar-refractivity contribution in [2.75, 3.05) is 13.1 Å². The first-order valence-corrected chi connectivity index (χ1v) is 8.61. The normalized spacial score (nSPS) is 9.79. The lowest BCUT2D eigenvalue weighted by molar-refractivity contribution is -0.140. The van der Waals surface area contributed by atoms with Gasteiger partial charge in [-0.2, -0.15) is 10.5 Å². The third kappa shape index (κ3) is 5.10. The van der Waals surface area contributed by atoms with E-state index in [0.29, 0.717) is 14.7 Å². The van der Waals surface area contributed by atoms with E-state index >= 15 is 0 Å². The molecular weight excluding hydrogens is 382 g/mol. The Kier molecular flexibility index (Phi) is 6.74. The summed E-state index contributed by atoms with van der Waals surface area (Å²) < 4.78 is 0. The van der Waals surface area contributed by atoms with Gasteiger partial charge in [-0.05, 0) is 30.3 Å². The van der Waals surface area contributed by atoms with E-state index in [-0.39, 0.29) is 16.7 Å². The molecule has 28 heavy (non-hydrogen) atoms. The van der Waals surface area contributed by atoms with E-state index in [0.717, 1.165) is 11.8 Å². The number of rotatable bonds is 7. The molecule has 0 atom stereocenters. The standard InChI is InChI=1S/C19H13N3O5S/c20-8-13-4-2-6-16(15(13)9-21)28-14-5-1-3-12(7-14)19(27)22(10-17(23)24)11-18(25)26/h1-7H,10-11H2,(H,23,24)(H,25,26). The van der Waals surface area contributed by atoms with Gasteiger partial charge in [-0.1, -0.05) is 23.9 Å². The summed E-state index contributed by atoms with van der Waals surface area (Å²) >= 11 is 1.16. The molecule has 2 aromatic carbocycles. The fourth-order valence-electron chi connectivity index (χ4n) is 2.35. The zero-order valence-corrected chi connectivity index (χ0v) is 15.1. The SMILES string of the molecule is N#Cc1cccc(Sc2cccc(C(=O)N(CC(=O)O)CC(=O)O)c2)c1C#N. The molecule has 0 aliphatic carbocycles. The number of nitriles is 2. The lowest BCUT2D eigenvalue weighted by Crippen LogP contribution is -2.39. The topological polar surface area (TPSA) is 142 Å². The van der Waals surface area contributed by atoms with Crippen LogP contribution < -0.4 is 0 Å². The van der Waals surface area contributed by atoms with Gasteiger partial charge >= 0.3 is 11.9 Å². The Hall–Kier alpha value is -3.82. The van der Waals surface area contributed by atoms with E-state index in [1.54, 1.807) is 24.3 Å². The summed E-state index contributed by atoms with van der Waals surface area (Å²) in [5.74, 6) is -3.39. The zero-order chi connectivity index (χ0) is 20.7. The summed E-state index contributed by atoms with van der Waals surface area (Å²) in [6.45, 7) is -1.49. The molecule has 0 heterocycles. The molecule has 2 N–H and O–H groups in total. The summed E-state index contributed by atoms with van der Waals surface area (Å²) in [4.78, 5) is 36.2. The van der Waals surface area contributed by atoms with E-state index in [2.05, 4.69) is 0 Å². The number of amides is 1. The Bertz CT molecular complexity index is 1010. The number of benzene rings is 2. The minimum absolute atomic E-state index is 0.113. The molecule has 0 saturated heterocycles. The maximum Gasteiger partial charge on any atom is 0.323 e. The number of nitrogens with zero attached hydrogens (tertiary/aromatic N) is 3. The number of aliphatic carboxylic acids is 2. The van der Waals surface area contributed by atoms with Crippen LogP contribution in [0.25, 0.3) is 0 Å². The van der Waals surface area contributed by atoms with E-state index in [4.69, 9.17) is 15.5 Å². The molecule has 0 aliphatic heterocycles. The Labute approximate surface area is 164 Å². The lowest BCUT2D eigenvalue weighted by atomic mass is 10.1. The van der Waals surface area contributed by atoms with Crippen molar-refractivity contribution in [2.45, 2.75) is 9.79 Å². The maximum absolute atomic E-state index is 12.5. The second-order valence-corrected chi connectivity index (χ2v) is 6.60. The number of carbonyl (C=O) groups excluding carboxylic acids is 1. The van der Waals surface area contributed by atoms with E-state index in [1.807, 2.05) is 12.1 Å². The van der Waals surface area contributed by atoms with Crippen LogP contribution in [0.4, 0.5) is 0 Å². The molecule has 2 aromatic rings. The van der Waals surface area contributed by atoms with Gasteiger partial charge in [-0.3, -0.25) is 14.4 Å². The fourth-order valence-corrected chi connectivity index (χ4v) is 3.34. The second-order valence-electron chi connectivity index (χ2n) is 5.48. The zero-order valence-electron chi connectivity index (χ0n) is 14.3. The molecule has 2 rings (SSSR count). The van der Waals surface area contributed by atoms with Crippen LogP contribution in [-0.2, 0) is 9.59 Å². The smallest absolute Gasteiger partial charge is 0.323 e. The van der Waals surface area contributed by atoms with Crippen LogP contribution in [0, 0.1) is 22.7 Å². The van der Waals surface area contributed by atoms with Crippen molar-refractivity contribution >= 4 is 29.6 Å². The molecule has 0 radical (unpaired) electrons. The van der Waals surface area contributed by atoms with Gasteiger partial charge in [-0.25, -0.2) is 0 Å². The van der Waals surface area contributed by atoms with Crippen LogP contribution in [0.5, 0.6) is 0 Å². The first-order chi connectivity index (χ1) is 13.3. The van der Waals surface area contributed by atoms with Crippen molar-refractivity contribution in [3.05, 3.63) is 59.2 Å². The molecule has 0 fully saturated rings. The minimum atomic E-state index is -1.33. The Morgan fingerprint density at radius 2 is 1.61 bits per heavy atom. The molecule has 1 amide bonds. The highest BCUT2D eigenvalue weighted by molar-refractivity contribution is 7.99. The Morgan fingerprint density at radius 1 is 0.964 bits per heavy atom. The molecule has 8 nitrogen and oxygen atoms in total. The number of carboxylic acid groups (broad SMARTS) is 2. The van der Waals surface area contributed by atoms with E-state index < -0.39 is 30.9 Å².